The van der Waals surface area contributed by atoms with Crippen LogP contribution < -0.4 is 5.32 Å². The summed E-state index contributed by atoms with van der Waals surface area (Å²) >= 11 is 0. The van der Waals surface area contributed by atoms with Crippen LogP contribution in [0, 0.1) is 18.6 Å². The van der Waals surface area contributed by atoms with E-state index in [4.69, 9.17) is 0 Å². The van der Waals surface area contributed by atoms with Gasteiger partial charge in [0.05, 0.1) is 0 Å². The van der Waals surface area contributed by atoms with Crippen LogP contribution in [0.25, 0.3) is 0 Å². The van der Waals surface area contributed by atoms with Crippen molar-refractivity contribution in [2.45, 2.75) is 6.92 Å². The van der Waals surface area contributed by atoms with Crippen LogP contribution in [0.2, 0.25) is 0 Å². The molecule has 1 aromatic heterocycles. The summed E-state index contributed by atoms with van der Waals surface area (Å²) in [7, 11) is 0. The standard InChI is InChI=1S/C10H8F2N4O/c1-5-13-9(16-15-5)10(17)14-8-6(11)3-2-4-7(8)12/h2-4H,1H3,(H,14,17)(H,13,15,16). The Kier molecular flexibility index (Phi) is 2.82. The minimum atomic E-state index is -0.856. The molecule has 0 saturated carbocycles. The fourth-order valence-electron chi connectivity index (χ4n) is 1.23. The van der Waals surface area contributed by atoms with Crippen molar-refractivity contribution in [3.8, 4) is 0 Å². The quantitative estimate of drug-likeness (QED) is 0.835. The van der Waals surface area contributed by atoms with E-state index in [0.29, 0.717) is 5.82 Å². The molecule has 2 aromatic rings. The summed E-state index contributed by atoms with van der Waals surface area (Å²) in [6.07, 6.45) is 0. The summed E-state index contributed by atoms with van der Waals surface area (Å²) in [6.45, 7) is 1.60. The van der Waals surface area contributed by atoms with Crippen LogP contribution in [0.5, 0.6) is 0 Å². The topological polar surface area (TPSA) is 70.7 Å². The summed E-state index contributed by atoms with van der Waals surface area (Å²) in [4.78, 5) is 15.3. The number of rotatable bonds is 2. The zero-order valence-electron chi connectivity index (χ0n) is 8.79. The Hall–Kier alpha value is -2.31. The second kappa shape index (κ2) is 4.28. The van der Waals surface area contributed by atoms with E-state index in [1.54, 1.807) is 6.92 Å². The first kappa shape index (κ1) is 11.2. The molecule has 1 aromatic carbocycles. The van der Waals surface area contributed by atoms with Gasteiger partial charge >= 0.3 is 0 Å². The summed E-state index contributed by atoms with van der Waals surface area (Å²) in [6, 6.07) is 3.29. The maximum absolute atomic E-state index is 13.2. The van der Waals surface area contributed by atoms with Crippen LogP contribution >= 0.6 is 0 Å². The highest BCUT2D eigenvalue weighted by Crippen LogP contribution is 2.18. The van der Waals surface area contributed by atoms with E-state index in [9.17, 15) is 13.6 Å². The number of hydrogen-bond acceptors (Lipinski definition) is 3. The number of aromatic amines is 1. The van der Waals surface area contributed by atoms with Gasteiger partial charge in [0.25, 0.3) is 5.91 Å². The van der Waals surface area contributed by atoms with Crippen LogP contribution in [0.4, 0.5) is 14.5 Å². The average molecular weight is 238 g/mol. The van der Waals surface area contributed by atoms with Crippen molar-refractivity contribution < 1.29 is 13.6 Å². The summed E-state index contributed by atoms with van der Waals surface area (Å²) in [5.41, 5.74) is -0.514. The van der Waals surface area contributed by atoms with Crippen LogP contribution in [0.3, 0.4) is 0 Å². The molecule has 17 heavy (non-hydrogen) atoms. The molecule has 5 nitrogen and oxygen atoms in total. The first-order valence-electron chi connectivity index (χ1n) is 4.72. The van der Waals surface area contributed by atoms with Crippen molar-refractivity contribution >= 4 is 11.6 Å². The molecule has 0 aliphatic rings. The number of hydrogen-bond donors (Lipinski definition) is 2. The van der Waals surface area contributed by atoms with Crippen molar-refractivity contribution in [3.63, 3.8) is 0 Å². The van der Waals surface area contributed by atoms with E-state index < -0.39 is 23.2 Å². The molecule has 2 N–H and O–H groups in total. The Bertz CT molecular complexity index is 547. The largest absolute Gasteiger partial charge is 0.314 e. The highest BCUT2D eigenvalue weighted by Gasteiger charge is 2.16. The van der Waals surface area contributed by atoms with Crippen molar-refractivity contribution in [1.82, 2.24) is 15.2 Å². The van der Waals surface area contributed by atoms with Gasteiger partial charge in [0, 0.05) is 0 Å². The lowest BCUT2D eigenvalue weighted by Gasteiger charge is -2.04. The van der Waals surface area contributed by atoms with Gasteiger partial charge in [-0.15, -0.1) is 5.10 Å². The molecule has 0 radical (unpaired) electrons. The van der Waals surface area contributed by atoms with Crippen molar-refractivity contribution in [3.05, 3.63) is 41.5 Å². The third kappa shape index (κ3) is 2.27. The number of para-hydroxylation sites is 1. The Morgan fingerprint density at radius 3 is 2.53 bits per heavy atom. The van der Waals surface area contributed by atoms with Crippen molar-refractivity contribution in [2.24, 2.45) is 0 Å². The van der Waals surface area contributed by atoms with Crippen molar-refractivity contribution in [2.75, 3.05) is 5.32 Å². The molecule has 1 heterocycles. The molecular formula is C10H8F2N4O. The molecule has 2 rings (SSSR count). The van der Waals surface area contributed by atoms with Gasteiger partial charge in [0.1, 0.15) is 23.1 Å². The first-order chi connectivity index (χ1) is 8.08. The number of aryl methyl sites for hydroxylation is 1. The molecule has 0 spiro atoms. The third-order valence-electron chi connectivity index (χ3n) is 2.00. The summed E-state index contributed by atoms with van der Waals surface area (Å²) in [5.74, 6) is -2.23. The molecule has 0 atom stereocenters. The van der Waals surface area contributed by atoms with E-state index in [1.165, 1.54) is 6.07 Å². The molecule has 0 saturated heterocycles. The van der Waals surface area contributed by atoms with E-state index in [1.807, 2.05) is 0 Å². The maximum Gasteiger partial charge on any atom is 0.295 e. The molecule has 0 aliphatic carbocycles. The van der Waals surface area contributed by atoms with Crippen LogP contribution in [-0.4, -0.2) is 21.1 Å². The van der Waals surface area contributed by atoms with Gasteiger partial charge in [-0.05, 0) is 19.1 Å². The normalized spacial score (nSPS) is 10.3. The van der Waals surface area contributed by atoms with Gasteiger partial charge in [-0.2, -0.15) is 0 Å². The second-order valence-corrected chi connectivity index (χ2v) is 3.30. The molecular weight excluding hydrogens is 230 g/mol. The zero-order valence-corrected chi connectivity index (χ0v) is 8.79. The molecule has 0 fully saturated rings. The number of amides is 1. The number of benzene rings is 1. The number of carbonyl (C=O) groups is 1. The van der Waals surface area contributed by atoms with E-state index in [-0.39, 0.29) is 5.82 Å². The van der Waals surface area contributed by atoms with Gasteiger partial charge < -0.3 is 5.32 Å². The first-order valence-corrected chi connectivity index (χ1v) is 4.72. The SMILES string of the molecule is Cc1nc(C(=O)Nc2c(F)cccc2F)n[nH]1. The van der Waals surface area contributed by atoms with Gasteiger partial charge in [0.2, 0.25) is 5.82 Å². The Morgan fingerprint density at radius 2 is 2.00 bits per heavy atom. The molecule has 0 bridgehead atoms. The minimum Gasteiger partial charge on any atom is -0.314 e. The minimum absolute atomic E-state index is 0.176. The summed E-state index contributed by atoms with van der Waals surface area (Å²) in [5, 5.41) is 8.11. The Morgan fingerprint density at radius 1 is 1.35 bits per heavy atom. The van der Waals surface area contributed by atoms with Gasteiger partial charge in [-0.25, -0.2) is 13.8 Å². The number of anilines is 1. The summed E-state index contributed by atoms with van der Waals surface area (Å²) < 4.78 is 26.5. The number of aromatic nitrogens is 3. The van der Waals surface area contributed by atoms with E-state index in [2.05, 4.69) is 20.5 Å². The van der Waals surface area contributed by atoms with Crippen LogP contribution in [0.1, 0.15) is 16.4 Å². The van der Waals surface area contributed by atoms with Crippen LogP contribution in [0.15, 0.2) is 18.2 Å². The Balaban J connectivity index is 2.24. The zero-order chi connectivity index (χ0) is 12.4. The lowest BCUT2D eigenvalue weighted by atomic mass is 10.3. The lowest BCUT2D eigenvalue weighted by molar-refractivity contribution is 0.101. The van der Waals surface area contributed by atoms with Gasteiger partial charge in [-0.3, -0.25) is 9.89 Å². The van der Waals surface area contributed by atoms with Crippen molar-refractivity contribution in [1.29, 1.82) is 0 Å². The number of H-pyrrole nitrogens is 1. The maximum atomic E-state index is 13.2. The molecule has 7 heteroatoms. The molecule has 1 amide bonds. The van der Waals surface area contributed by atoms with Gasteiger partial charge in [0.15, 0.2) is 0 Å². The highest BCUT2D eigenvalue weighted by atomic mass is 19.1. The predicted octanol–water partition coefficient (Wildman–Crippen LogP) is 1.64. The molecule has 88 valence electrons. The fraction of sp³-hybridized carbons (Fsp3) is 0.100. The smallest absolute Gasteiger partial charge is 0.295 e. The average Bonchev–Trinajstić information content (AvgIpc) is 2.70. The van der Waals surface area contributed by atoms with Gasteiger partial charge in [-0.1, -0.05) is 6.07 Å². The second-order valence-electron chi connectivity index (χ2n) is 3.30. The molecule has 0 unspecified atom stereocenters. The molecule has 0 aliphatic heterocycles. The number of halogens is 2. The number of carbonyl (C=O) groups excluding carboxylic acids is 1. The third-order valence-corrected chi connectivity index (χ3v) is 2.00. The van der Waals surface area contributed by atoms with E-state index >= 15 is 0 Å². The predicted molar refractivity (Wildman–Crippen MR) is 55.4 cm³/mol. The van der Waals surface area contributed by atoms with Crippen LogP contribution in [-0.2, 0) is 0 Å². The Labute approximate surface area is 94.9 Å². The van der Waals surface area contributed by atoms with E-state index in [0.717, 1.165) is 12.1 Å². The highest BCUT2D eigenvalue weighted by molar-refractivity contribution is 6.01. The lowest BCUT2D eigenvalue weighted by Crippen LogP contribution is -2.16. The monoisotopic (exact) mass is 238 g/mol. The number of nitrogens with one attached hydrogen (secondary N) is 2. The fourth-order valence-corrected chi connectivity index (χ4v) is 1.23. The number of nitrogens with zero attached hydrogens (tertiary/aromatic N) is 2.